The van der Waals surface area contributed by atoms with Crippen LogP contribution in [0.2, 0.25) is 0 Å². The van der Waals surface area contributed by atoms with E-state index >= 15 is 0 Å². The van der Waals surface area contributed by atoms with Gasteiger partial charge in [0.1, 0.15) is 17.2 Å². The molecule has 1 aromatic heterocycles. The largest absolute Gasteiger partial charge is 0.459 e. The second kappa shape index (κ2) is 5.70. The van der Waals surface area contributed by atoms with Crippen molar-refractivity contribution in [2.24, 2.45) is 0 Å². The molecular weight excluding hydrogens is 265 g/mol. The Balaban J connectivity index is 2.09. The first-order valence-corrected chi connectivity index (χ1v) is 7.17. The summed E-state index contributed by atoms with van der Waals surface area (Å²) in [5.41, 5.74) is 3.19. The Morgan fingerprint density at radius 2 is 1.95 bits per heavy atom. The van der Waals surface area contributed by atoms with E-state index in [2.05, 4.69) is 24.4 Å². The van der Waals surface area contributed by atoms with Crippen molar-refractivity contribution in [1.29, 1.82) is 0 Å². The Hall–Kier alpha value is -2.13. The third-order valence-corrected chi connectivity index (χ3v) is 3.82. The summed E-state index contributed by atoms with van der Waals surface area (Å²) >= 11 is 0. The van der Waals surface area contributed by atoms with Crippen LogP contribution >= 0.6 is 0 Å². The summed E-state index contributed by atoms with van der Waals surface area (Å²) in [6, 6.07) is 14.8. The molecule has 0 spiro atoms. The second-order valence-electron chi connectivity index (χ2n) is 5.10. The van der Waals surface area contributed by atoms with Gasteiger partial charge in [-0.15, -0.1) is 0 Å². The molecule has 1 N–H and O–H groups in total. The molecule has 3 heteroatoms. The first-order valence-electron chi connectivity index (χ1n) is 7.17. The fourth-order valence-corrected chi connectivity index (χ4v) is 2.77. The van der Waals surface area contributed by atoms with Crippen LogP contribution in [0, 0.1) is 5.82 Å². The lowest BCUT2D eigenvalue weighted by molar-refractivity contribution is 0.489. The minimum absolute atomic E-state index is 0.0309. The van der Waals surface area contributed by atoms with Gasteiger partial charge in [-0.2, -0.15) is 0 Å². The van der Waals surface area contributed by atoms with Crippen molar-refractivity contribution in [3.8, 4) is 0 Å². The molecule has 0 amide bonds. The van der Waals surface area contributed by atoms with Gasteiger partial charge in [0.05, 0.1) is 6.04 Å². The fourth-order valence-electron chi connectivity index (χ4n) is 2.77. The van der Waals surface area contributed by atoms with Crippen molar-refractivity contribution in [2.75, 3.05) is 7.05 Å². The molecule has 3 rings (SSSR count). The van der Waals surface area contributed by atoms with E-state index in [0.717, 1.165) is 17.6 Å². The predicted molar refractivity (Wildman–Crippen MR) is 82.9 cm³/mol. The molecule has 0 saturated carbocycles. The molecule has 2 aromatic carbocycles. The molecule has 0 saturated heterocycles. The highest BCUT2D eigenvalue weighted by atomic mass is 19.1. The van der Waals surface area contributed by atoms with Gasteiger partial charge >= 0.3 is 0 Å². The maximum Gasteiger partial charge on any atom is 0.134 e. The maximum absolute atomic E-state index is 13.3. The van der Waals surface area contributed by atoms with Crippen LogP contribution in [0.1, 0.15) is 29.9 Å². The smallest absolute Gasteiger partial charge is 0.134 e. The number of hydrogen-bond acceptors (Lipinski definition) is 2. The zero-order valence-corrected chi connectivity index (χ0v) is 12.2. The Morgan fingerprint density at radius 1 is 1.14 bits per heavy atom. The van der Waals surface area contributed by atoms with Crippen LogP contribution < -0.4 is 5.32 Å². The van der Waals surface area contributed by atoms with E-state index < -0.39 is 0 Å². The van der Waals surface area contributed by atoms with Crippen LogP contribution in [-0.2, 0) is 6.42 Å². The monoisotopic (exact) mass is 283 g/mol. The number of fused-ring (bicyclic) bond motifs is 1. The molecule has 21 heavy (non-hydrogen) atoms. The molecule has 0 aliphatic carbocycles. The number of benzene rings is 2. The van der Waals surface area contributed by atoms with Gasteiger partial charge in [0, 0.05) is 5.39 Å². The van der Waals surface area contributed by atoms with Crippen LogP contribution in [0.25, 0.3) is 11.0 Å². The van der Waals surface area contributed by atoms with Gasteiger partial charge < -0.3 is 9.73 Å². The van der Waals surface area contributed by atoms with Gasteiger partial charge in [0.25, 0.3) is 0 Å². The number of nitrogens with one attached hydrogen (secondary N) is 1. The van der Waals surface area contributed by atoms with Crippen LogP contribution in [0.4, 0.5) is 4.39 Å². The van der Waals surface area contributed by atoms with E-state index in [9.17, 15) is 4.39 Å². The maximum atomic E-state index is 13.3. The van der Waals surface area contributed by atoms with Crippen molar-refractivity contribution < 1.29 is 8.81 Å². The SMILES string of the molecule is CCc1ccccc1C(NC)c1cc2cc(F)ccc2o1. The molecule has 0 bridgehead atoms. The van der Waals surface area contributed by atoms with E-state index in [-0.39, 0.29) is 11.9 Å². The van der Waals surface area contributed by atoms with Gasteiger partial charge in [0.15, 0.2) is 0 Å². The average molecular weight is 283 g/mol. The molecule has 1 unspecified atom stereocenters. The Morgan fingerprint density at radius 3 is 2.71 bits per heavy atom. The topological polar surface area (TPSA) is 25.2 Å². The van der Waals surface area contributed by atoms with E-state index in [1.807, 2.05) is 25.2 Å². The van der Waals surface area contributed by atoms with Crippen molar-refractivity contribution in [2.45, 2.75) is 19.4 Å². The van der Waals surface area contributed by atoms with Gasteiger partial charge in [0.2, 0.25) is 0 Å². The van der Waals surface area contributed by atoms with Crippen LogP contribution in [0.15, 0.2) is 52.9 Å². The van der Waals surface area contributed by atoms with Crippen LogP contribution in [0.3, 0.4) is 0 Å². The summed E-state index contributed by atoms with van der Waals surface area (Å²) in [4.78, 5) is 0. The lowest BCUT2D eigenvalue weighted by Gasteiger charge is -2.17. The summed E-state index contributed by atoms with van der Waals surface area (Å²) in [6.45, 7) is 2.14. The normalized spacial score (nSPS) is 12.7. The van der Waals surface area contributed by atoms with Crippen molar-refractivity contribution in [3.05, 3.63) is 71.2 Å². The first-order chi connectivity index (χ1) is 10.2. The summed E-state index contributed by atoms with van der Waals surface area (Å²) in [6.07, 6.45) is 0.962. The zero-order valence-electron chi connectivity index (χ0n) is 12.2. The molecule has 0 aliphatic rings. The third-order valence-electron chi connectivity index (χ3n) is 3.82. The average Bonchev–Trinajstić information content (AvgIpc) is 2.91. The molecule has 3 aromatic rings. The molecule has 1 atom stereocenters. The fraction of sp³-hybridized carbons (Fsp3) is 0.222. The Labute approximate surface area is 123 Å². The molecule has 0 fully saturated rings. The van der Waals surface area contributed by atoms with E-state index in [1.54, 1.807) is 6.07 Å². The highest BCUT2D eigenvalue weighted by Gasteiger charge is 2.19. The minimum Gasteiger partial charge on any atom is -0.459 e. The number of aryl methyl sites for hydroxylation is 1. The molecule has 0 radical (unpaired) electrons. The minimum atomic E-state index is -0.246. The van der Waals surface area contributed by atoms with Crippen LogP contribution in [0.5, 0.6) is 0 Å². The van der Waals surface area contributed by atoms with E-state index in [1.165, 1.54) is 23.3 Å². The summed E-state index contributed by atoms with van der Waals surface area (Å²) in [5.74, 6) is 0.559. The molecule has 108 valence electrons. The molecular formula is C18H18FNO. The highest BCUT2D eigenvalue weighted by molar-refractivity contribution is 5.78. The quantitative estimate of drug-likeness (QED) is 0.765. The predicted octanol–water partition coefficient (Wildman–Crippen LogP) is 4.44. The number of hydrogen-bond donors (Lipinski definition) is 1. The number of rotatable bonds is 4. The summed E-state index contributed by atoms with van der Waals surface area (Å²) < 4.78 is 19.2. The summed E-state index contributed by atoms with van der Waals surface area (Å²) in [5, 5.41) is 4.09. The highest BCUT2D eigenvalue weighted by Crippen LogP contribution is 2.30. The lowest BCUT2D eigenvalue weighted by atomic mass is 9.97. The van der Waals surface area contributed by atoms with E-state index in [0.29, 0.717) is 5.58 Å². The van der Waals surface area contributed by atoms with Crippen LogP contribution in [-0.4, -0.2) is 7.05 Å². The van der Waals surface area contributed by atoms with Gasteiger partial charge in [-0.3, -0.25) is 0 Å². The van der Waals surface area contributed by atoms with Gasteiger partial charge in [-0.25, -0.2) is 4.39 Å². The number of furan rings is 1. The van der Waals surface area contributed by atoms with Crippen molar-refractivity contribution in [3.63, 3.8) is 0 Å². The van der Waals surface area contributed by atoms with E-state index in [4.69, 9.17) is 4.42 Å². The molecule has 0 aliphatic heterocycles. The second-order valence-corrected chi connectivity index (χ2v) is 5.10. The van der Waals surface area contributed by atoms with Gasteiger partial charge in [-0.1, -0.05) is 31.2 Å². The lowest BCUT2D eigenvalue weighted by Crippen LogP contribution is -2.18. The Kier molecular flexibility index (Phi) is 3.76. The number of halogens is 1. The van der Waals surface area contributed by atoms with Crippen molar-refractivity contribution >= 4 is 11.0 Å². The molecule has 1 heterocycles. The standard InChI is InChI=1S/C18H18FNO/c1-3-12-6-4-5-7-15(12)18(20-2)17-11-13-10-14(19)8-9-16(13)21-17/h4-11,18,20H,3H2,1-2H3. The van der Waals surface area contributed by atoms with Gasteiger partial charge in [-0.05, 0) is 48.9 Å². The Bertz CT molecular complexity index is 763. The zero-order chi connectivity index (χ0) is 14.8. The van der Waals surface area contributed by atoms with Crippen molar-refractivity contribution in [1.82, 2.24) is 5.32 Å². The third kappa shape index (κ3) is 2.57. The molecule has 2 nitrogen and oxygen atoms in total. The first kappa shape index (κ1) is 13.8. The summed E-state index contributed by atoms with van der Waals surface area (Å²) in [7, 11) is 1.91.